The largest absolute Gasteiger partial charge is 0.497 e. The molecular weight excluding hydrogens is 268 g/mol. The number of nitrogens with one attached hydrogen (secondary N) is 1. The Balaban J connectivity index is 2.87. The molecule has 1 aromatic rings. The van der Waals surface area contributed by atoms with E-state index in [-0.39, 0.29) is 18.0 Å². The van der Waals surface area contributed by atoms with E-state index in [1.807, 2.05) is 32.9 Å². The summed E-state index contributed by atoms with van der Waals surface area (Å²) in [5, 5.41) is 2.90. The number of carbonyl (C=O) groups is 1. The van der Waals surface area contributed by atoms with Crippen LogP contribution in [-0.4, -0.2) is 25.2 Å². The van der Waals surface area contributed by atoms with Crippen LogP contribution in [0.4, 0.5) is 0 Å². The van der Waals surface area contributed by atoms with Crippen LogP contribution < -0.4 is 20.5 Å². The quantitative estimate of drug-likeness (QED) is 0.810. The zero-order chi connectivity index (χ0) is 16.0. The lowest BCUT2D eigenvalue weighted by molar-refractivity contribution is -0.127. The standard InChI is InChI=1S/C16H26N2O3/c1-6-10(2)18-16(19)12(4)21-15-9-13(20-5)7-8-14(15)11(3)17/h7-12H,6,17H2,1-5H3,(H,18,19)/t10?,11-,12?/m0/s1. The minimum Gasteiger partial charge on any atom is -0.497 e. The molecule has 118 valence electrons. The molecule has 3 N–H and O–H groups in total. The van der Waals surface area contributed by atoms with E-state index in [4.69, 9.17) is 15.2 Å². The van der Waals surface area contributed by atoms with Crippen LogP contribution in [0.1, 0.15) is 45.7 Å². The summed E-state index contributed by atoms with van der Waals surface area (Å²) in [5.74, 6) is 1.11. The van der Waals surface area contributed by atoms with Gasteiger partial charge in [-0.15, -0.1) is 0 Å². The normalized spacial score (nSPS) is 15.0. The van der Waals surface area contributed by atoms with Crippen molar-refractivity contribution < 1.29 is 14.3 Å². The Morgan fingerprint density at radius 2 is 2.00 bits per heavy atom. The second kappa shape index (κ2) is 7.88. The van der Waals surface area contributed by atoms with Gasteiger partial charge < -0.3 is 20.5 Å². The van der Waals surface area contributed by atoms with Crippen LogP contribution in [0.15, 0.2) is 18.2 Å². The molecule has 0 spiro atoms. The minimum absolute atomic E-state index is 0.127. The molecule has 1 amide bonds. The Morgan fingerprint density at radius 3 is 2.52 bits per heavy atom. The third-order valence-corrected chi connectivity index (χ3v) is 3.39. The second-order valence-electron chi connectivity index (χ2n) is 5.27. The molecule has 21 heavy (non-hydrogen) atoms. The van der Waals surface area contributed by atoms with Gasteiger partial charge in [-0.1, -0.05) is 13.0 Å². The van der Waals surface area contributed by atoms with E-state index in [1.54, 1.807) is 20.1 Å². The average molecular weight is 294 g/mol. The summed E-state index contributed by atoms with van der Waals surface area (Å²) in [6.07, 6.45) is 0.284. The predicted molar refractivity (Wildman–Crippen MR) is 83.6 cm³/mol. The van der Waals surface area contributed by atoms with Crippen LogP contribution in [0.25, 0.3) is 0 Å². The van der Waals surface area contributed by atoms with E-state index in [1.165, 1.54) is 0 Å². The van der Waals surface area contributed by atoms with Gasteiger partial charge >= 0.3 is 0 Å². The first-order valence-electron chi connectivity index (χ1n) is 7.29. The molecule has 0 fully saturated rings. The van der Waals surface area contributed by atoms with Crippen molar-refractivity contribution in [1.29, 1.82) is 0 Å². The van der Waals surface area contributed by atoms with Crippen molar-refractivity contribution in [3.05, 3.63) is 23.8 Å². The number of carbonyl (C=O) groups excluding carboxylic acids is 1. The highest BCUT2D eigenvalue weighted by Crippen LogP contribution is 2.29. The van der Waals surface area contributed by atoms with Crippen LogP contribution in [-0.2, 0) is 4.79 Å². The van der Waals surface area contributed by atoms with Crippen molar-refractivity contribution in [3.63, 3.8) is 0 Å². The zero-order valence-electron chi connectivity index (χ0n) is 13.5. The first-order valence-corrected chi connectivity index (χ1v) is 7.29. The van der Waals surface area contributed by atoms with E-state index in [0.29, 0.717) is 11.5 Å². The first-order chi connectivity index (χ1) is 9.88. The molecule has 5 heteroatoms. The Morgan fingerprint density at radius 1 is 1.33 bits per heavy atom. The summed E-state index contributed by atoms with van der Waals surface area (Å²) in [6.45, 7) is 7.58. The zero-order valence-corrected chi connectivity index (χ0v) is 13.5. The van der Waals surface area contributed by atoms with Crippen molar-refractivity contribution in [1.82, 2.24) is 5.32 Å². The lowest BCUT2D eigenvalue weighted by Crippen LogP contribution is -2.41. The Labute approximate surface area is 126 Å². The highest BCUT2D eigenvalue weighted by molar-refractivity contribution is 5.81. The smallest absolute Gasteiger partial charge is 0.260 e. The molecular formula is C16H26N2O3. The number of benzene rings is 1. The lowest BCUT2D eigenvalue weighted by atomic mass is 10.1. The summed E-state index contributed by atoms with van der Waals surface area (Å²) in [6, 6.07) is 5.39. The molecule has 0 radical (unpaired) electrons. The number of hydrogen-bond acceptors (Lipinski definition) is 4. The van der Waals surface area contributed by atoms with Crippen molar-refractivity contribution in [3.8, 4) is 11.5 Å². The highest BCUT2D eigenvalue weighted by Gasteiger charge is 2.19. The maximum atomic E-state index is 12.1. The minimum atomic E-state index is -0.594. The van der Waals surface area contributed by atoms with Crippen LogP contribution in [0.2, 0.25) is 0 Å². The third kappa shape index (κ3) is 4.93. The van der Waals surface area contributed by atoms with Gasteiger partial charge in [-0.2, -0.15) is 0 Å². The molecule has 3 atom stereocenters. The molecule has 5 nitrogen and oxygen atoms in total. The molecule has 0 bridgehead atoms. The van der Waals surface area contributed by atoms with E-state index >= 15 is 0 Å². The Bertz CT molecular complexity index is 475. The van der Waals surface area contributed by atoms with E-state index in [0.717, 1.165) is 12.0 Å². The number of rotatable bonds is 7. The molecule has 2 unspecified atom stereocenters. The second-order valence-corrected chi connectivity index (χ2v) is 5.27. The van der Waals surface area contributed by atoms with Gasteiger partial charge in [-0.05, 0) is 33.3 Å². The van der Waals surface area contributed by atoms with Crippen molar-refractivity contribution >= 4 is 5.91 Å². The number of ether oxygens (including phenoxy) is 2. The van der Waals surface area contributed by atoms with Gasteiger partial charge in [0.2, 0.25) is 0 Å². The van der Waals surface area contributed by atoms with Gasteiger partial charge in [0, 0.05) is 23.7 Å². The van der Waals surface area contributed by atoms with Crippen molar-refractivity contribution in [2.24, 2.45) is 5.73 Å². The van der Waals surface area contributed by atoms with Crippen molar-refractivity contribution in [2.45, 2.75) is 52.3 Å². The third-order valence-electron chi connectivity index (χ3n) is 3.39. The summed E-state index contributed by atoms with van der Waals surface area (Å²) in [7, 11) is 1.59. The van der Waals surface area contributed by atoms with E-state index in [9.17, 15) is 4.79 Å². The van der Waals surface area contributed by atoms with Gasteiger partial charge in [0.25, 0.3) is 5.91 Å². The lowest BCUT2D eigenvalue weighted by Gasteiger charge is -2.21. The monoisotopic (exact) mass is 294 g/mol. The van der Waals surface area contributed by atoms with Gasteiger partial charge in [0.05, 0.1) is 7.11 Å². The first kappa shape index (κ1) is 17.3. The molecule has 1 rings (SSSR count). The van der Waals surface area contributed by atoms with Crippen LogP contribution >= 0.6 is 0 Å². The van der Waals surface area contributed by atoms with E-state index in [2.05, 4.69) is 5.32 Å². The fourth-order valence-electron chi connectivity index (χ4n) is 1.83. The number of methoxy groups -OCH3 is 1. The maximum Gasteiger partial charge on any atom is 0.260 e. The molecule has 1 aromatic carbocycles. The predicted octanol–water partition coefficient (Wildman–Crippen LogP) is 2.40. The number of nitrogens with two attached hydrogens (primary N) is 1. The van der Waals surface area contributed by atoms with Gasteiger partial charge in [-0.25, -0.2) is 0 Å². The summed E-state index contributed by atoms with van der Waals surface area (Å²) in [5.41, 5.74) is 6.79. The number of hydrogen-bond donors (Lipinski definition) is 2. The molecule has 0 aromatic heterocycles. The Kier molecular flexibility index (Phi) is 6.49. The molecule has 0 saturated carbocycles. The van der Waals surface area contributed by atoms with Crippen molar-refractivity contribution in [2.75, 3.05) is 7.11 Å². The fourth-order valence-corrected chi connectivity index (χ4v) is 1.83. The SMILES string of the molecule is CCC(C)NC(=O)C(C)Oc1cc(OC)ccc1[C@H](C)N. The molecule has 0 aliphatic carbocycles. The highest BCUT2D eigenvalue weighted by atomic mass is 16.5. The van der Waals surface area contributed by atoms with Gasteiger partial charge in [-0.3, -0.25) is 4.79 Å². The molecule has 0 aliphatic heterocycles. The molecule has 0 saturated heterocycles. The topological polar surface area (TPSA) is 73.6 Å². The Hall–Kier alpha value is -1.75. The number of amides is 1. The summed E-state index contributed by atoms with van der Waals surface area (Å²) < 4.78 is 11.0. The average Bonchev–Trinajstić information content (AvgIpc) is 2.46. The fraction of sp³-hybridized carbons (Fsp3) is 0.562. The molecule has 0 heterocycles. The van der Waals surface area contributed by atoms with E-state index < -0.39 is 6.10 Å². The maximum absolute atomic E-state index is 12.1. The van der Waals surface area contributed by atoms with Gasteiger partial charge in [0.15, 0.2) is 6.10 Å². The molecule has 0 aliphatic rings. The summed E-state index contributed by atoms with van der Waals surface area (Å²) in [4.78, 5) is 12.1. The van der Waals surface area contributed by atoms with Crippen LogP contribution in [0, 0.1) is 0 Å². The van der Waals surface area contributed by atoms with Gasteiger partial charge in [0.1, 0.15) is 11.5 Å². The van der Waals surface area contributed by atoms with Crippen LogP contribution in [0.3, 0.4) is 0 Å². The van der Waals surface area contributed by atoms with Crippen LogP contribution in [0.5, 0.6) is 11.5 Å². The summed E-state index contributed by atoms with van der Waals surface area (Å²) >= 11 is 0.